The predicted molar refractivity (Wildman–Crippen MR) is 65.0 cm³/mol. The number of nitrogens with two attached hydrogens (primary N) is 1. The van der Waals surface area contributed by atoms with Crippen molar-refractivity contribution in [2.75, 3.05) is 12.3 Å². The third-order valence-corrected chi connectivity index (χ3v) is 2.29. The van der Waals surface area contributed by atoms with Gasteiger partial charge in [-0.15, -0.1) is 0 Å². The number of nitrogen functional groups attached to an aromatic ring is 1. The zero-order valence-electron chi connectivity index (χ0n) is 9.90. The average Bonchev–Trinajstić information content (AvgIpc) is 2.21. The van der Waals surface area contributed by atoms with E-state index in [0.29, 0.717) is 24.6 Å². The molecule has 0 unspecified atom stereocenters. The minimum atomic E-state index is -0.176. The van der Waals surface area contributed by atoms with Crippen LogP contribution in [0, 0.1) is 5.92 Å². The number of hydrogen-bond donors (Lipinski definition) is 1. The molecule has 0 fully saturated rings. The lowest BCUT2D eigenvalue weighted by Crippen LogP contribution is -2.10. The summed E-state index contributed by atoms with van der Waals surface area (Å²) in [5.74, 6) is 0.384. The lowest BCUT2D eigenvalue weighted by Gasteiger charge is -2.06. The number of carbonyl (C=O) groups is 1. The van der Waals surface area contributed by atoms with Crippen LogP contribution in [0.4, 0.5) is 5.69 Å². The fourth-order valence-corrected chi connectivity index (χ4v) is 1.26. The first-order valence-electron chi connectivity index (χ1n) is 5.58. The van der Waals surface area contributed by atoms with Crippen LogP contribution < -0.4 is 5.73 Å². The molecule has 0 aliphatic rings. The van der Waals surface area contributed by atoms with Crippen molar-refractivity contribution < 1.29 is 9.53 Å². The van der Waals surface area contributed by atoms with Gasteiger partial charge in [0.2, 0.25) is 0 Å². The molecule has 0 aliphatic carbocycles. The van der Waals surface area contributed by atoms with E-state index < -0.39 is 0 Å². The summed E-state index contributed by atoms with van der Waals surface area (Å²) in [6.07, 6.45) is 1.23. The van der Waals surface area contributed by atoms with Gasteiger partial charge in [0.05, 0.1) is 13.0 Å². The normalized spacial score (nSPS) is 10.4. The molecule has 0 heterocycles. The molecule has 0 amide bonds. The minimum absolute atomic E-state index is 0.176. The highest BCUT2D eigenvalue weighted by molar-refractivity contribution is 5.72. The van der Waals surface area contributed by atoms with Crippen molar-refractivity contribution in [2.45, 2.75) is 26.7 Å². The van der Waals surface area contributed by atoms with Gasteiger partial charge in [-0.25, -0.2) is 0 Å². The molecule has 1 aromatic carbocycles. The topological polar surface area (TPSA) is 52.3 Å². The van der Waals surface area contributed by atoms with Crippen LogP contribution in [0.2, 0.25) is 0 Å². The van der Waals surface area contributed by atoms with E-state index in [1.54, 1.807) is 12.1 Å². The number of esters is 1. The van der Waals surface area contributed by atoms with Crippen molar-refractivity contribution in [1.29, 1.82) is 0 Å². The summed E-state index contributed by atoms with van der Waals surface area (Å²) >= 11 is 0. The van der Waals surface area contributed by atoms with Gasteiger partial charge >= 0.3 is 5.97 Å². The maximum atomic E-state index is 11.4. The number of anilines is 1. The molecule has 0 aliphatic heterocycles. The first-order chi connectivity index (χ1) is 7.58. The van der Waals surface area contributed by atoms with Gasteiger partial charge in [0, 0.05) is 5.69 Å². The number of rotatable bonds is 5. The minimum Gasteiger partial charge on any atom is -0.465 e. The molecule has 0 bridgehead atoms. The molecule has 0 saturated carbocycles. The standard InChI is InChI=1S/C13H19NO2/c1-10(2)7-8-16-13(15)9-11-3-5-12(14)6-4-11/h3-6,10H,7-9,14H2,1-2H3. The summed E-state index contributed by atoms with van der Waals surface area (Å²) in [4.78, 5) is 11.4. The Bertz CT molecular complexity index is 330. The highest BCUT2D eigenvalue weighted by Crippen LogP contribution is 2.07. The summed E-state index contributed by atoms with van der Waals surface area (Å²) < 4.78 is 5.12. The van der Waals surface area contributed by atoms with Crippen LogP contribution in [0.3, 0.4) is 0 Å². The summed E-state index contributed by atoms with van der Waals surface area (Å²) in [5, 5.41) is 0. The Labute approximate surface area is 96.6 Å². The molecule has 0 aromatic heterocycles. The molecular weight excluding hydrogens is 202 g/mol. The van der Waals surface area contributed by atoms with Crippen LogP contribution in [0.15, 0.2) is 24.3 Å². The van der Waals surface area contributed by atoms with Crippen molar-refractivity contribution in [3.8, 4) is 0 Å². The number of benzene rings is 1. The molecule has 16 heavy (non-hydrogen) atoms. The van der Waals surface area contributed by atoms with E-state index in [0.717, 1.165) is 12.0 Å². The molecular formula is C13H19NO2. The molecule has 0 spiro atoms. The van der Waals surface area contributed by atoms with Gasteiger partial charge in [-0.05, 0) is 30.0 Å². The molecule has 3 nitrogen and oxygen atoms in total. The van der Waals surface area contributed by atoms with Crippen LogP contribution in [-0.4, -0.2) is 12.6 Å². The lowest BCUT2D eigenvalue weighted by atomic mass is 10.1. The Kier molecular flexibility index (Phi) is 4.83. The second kappa shape index (κ2) is 6.16. The molecule has 0 saturated heterocycles. The first kappa shape index (κ1) is 12.6. The van der Waals surface area contributed by atoms with E-state index in [-0.39, 0.29) is 5.97 Å². The van der Waals surface area contributed by atoms with Gasteiger partial charge in [0.1, 0.15) is 0 Å². The highest BCUT2D eigenvalue weighted by atomic mass is 16.5. The van der Waals surface area contributed by atoms with Crippen LogP contribution in [-0.2, 0) is 16.0 Å². The van der Waals surface area contributed by atoms with E-state index in [9.17, 15) is 4.79 Å². The lowest BCUT2D eigenvalue weighted by molar-refractivity contribution is -0.143. The monoisotopic (exact) mass is 221 g/mol. The second-order valence-corrected chi connectivity index (χ2v) is 4.32. The SMILES string of the molecule is CC(C)CCOC(=O)Cc1ccc(N)cc1. The van der Waals surface area contributed by atoms with Gasteiger partial charge in [-0.2, -0.15) is 0 Å². The molecule has 3 heteroatoms. The quantitative estimate of drug-likeness (QED) is 0.613. The largest absolute Gasteiger partial charge is 0.465 e. The molecule has 0 radical (unpaired) electrons. The van der Waals surface area contributed by atoms with E-state index in [1.165, 1.54) is 0 Å². The summed E-state index contributed by atoms with van der Waals surface area (Å²) in [5.41, 5.74) is 7.19. The van der Waals surface area contributed by atoms with Crippen LogP contribution in [0.25, 0.3) is 0 Å². The molecule has 0 atom stereocenters. The molecule has 2 N–H and O–H groups in total. The summed E-state index contributed by atoms with van der Waals surface area (Å²) in [6, 6.07) is 7.27. The third kappa shape index (κ3) is 4.82. The maximum absolute atomic E-state index is 11.4. The van der Waals surface area contributed by atoms with Crippen LogP contribution in [0.5, 0.6) is 0 Å². The molecule has 1 rings (SSSR count). The van der Waals surface area contributed by atoms with Gasteiger partial charge < -0.3 is 10.5 Å². The van der Waals surface area contributed by atoms with Crippen molar-refractivity contribution in [2.24, 2.45) is 5.92 Å². The predicted octanol–water partition coefficient (Wildman–Crippen LogP) is 2.40. The van der Waals surface area contributed by atoms with E-state index >= 15 is 0 Å². The van der Waals surface area contributed by atoms with Crippen LogP contribution in [0.1, 0.15) is 25.8 Å². The Morgan fingerprint density at radius 3 is 2.50 bits per heavy atom. The smallest absolute Gasteiger partial charge is 0.310 e. The number of ether oxygens (including phenoxy) is 1. The molecule has 1 aromatic rings. The zero-order chi connectivity index (χ0) is 12.0. The van der Waals surface area contributed by atoms with Gasteiger partial charge in [-0.3, -0.25) is 4.79 Å². The zero-order valence-corrected chi connectivity index (χ0v) is 9.90. The van der Waals surface area contributed by atoms with E-state index in [4.69, 9.17) is 10.5 Å². The van der Waals surface area contributed by atoms with Crippen molar-refractivity contribution in [1.82, 2.24) is 0 Å². The van der Waals surface area contributed by atoms with Gasteiger partial charge in [0.25, 0.3) is 0 Å². The Morgan fingerprint density at radius 1 is 1.31 bits per heavy atom. The third-order valence-electron chi connectivity index (χ3n) is 2.29. The van der Waals surface area contributed by atoms with Gasteiger partial charge in [-0.1, -0.05) is 26.0 Å². The van der Waals surface area contributed by atoms with E-state index in [2.05, 4.69) is 13.8 Å². The Hall–Kier alpha value is -1.51. The first-order valence-corrected chi connectivity index (χ1v) is 5.58. The van der Waals surface area contributed by atoms with Crippen LogP contribution >= 0.6 is 0 Å². The van der Waals surface area contributed by atoms with Crippen molar-refractivity contribution in [3.05, 3.63) is 29.8 Å². The fraction of sp³-hybridized carbons (Fsp3) is 0.462. The van der Waals surface area contributed by atoms with Crippen molar-refractivity contribution >= 4 is 11.7 Å². The highest BCUT2D eigenvalue weighted by Gasteiger charge is 2.05. The average molecular weight is 221 g/mol. The Morgan fingerprint density at radius 2 is 1.94 bits per heavy atom. The number of carbonyl (C=O) groups excluding carboxylic acids is 1. The summed E-state index contributed by atoms with van der Waals surface area (Å²) in [7, 11) is 0. The molecule has 88 valence electrons. The van der Waals surface area contributed by atoms with Crippen molar-refractivity contribution in [3.63, 3.8) is 0 Å². The second-order valence-electron chi connectivity index (χ2n) is 4.32. The van der Waals surface area contributed by atoms with Gasteiger partial charge in [0.15, 0.2) is 0 Å². The fourth-order valence-electron chi connectivity index (χ4n) is 1.26. The summed E-state index contributed by atoms with van der Waals surface area (Å²) in [6.45, 7) is 4.72. The van der Waals surface area contributed by atoms with E-state index in [1.807, 2.05) is 12.1 Å². The number of hydrogen-bond acceptors (Lipinski definition) is 3. The maximum Gasteiger partial charge on any atom is 0.310 e. The Balaban J connectivity index is 2.31.